The van der Waals surface area contributed by atoms with Crippen LogP contribution in [0.15, 0.2) is 18.2 Å². The van der Waals surface area contributed by atoms with E-state index in [1.165, 1.54) is 51.4 Å². The normalized spacial score (nSPS) is 22.9. The van der Waals surface area contributed by atoms with Crippen LogP contribution in [0.2, 0.25) is 0 Å². The van der Waals surface area contributed by atoms with Crippen molar-refractivity contribution in [1.29, 1.82) is 0 Å². The zero-order valence-corrected chi connectivity index (χ0v) is 19.6. The summed E-state index contributed by atoms with van der Waals surface area (Å²) in [4.78, 5) is 17.9. The zero-order chi connectivity index (χ0) is 22.2. The summed E-state index contributed by atoms with van der Waals surface area (Å²) in [5.74, 6) is 2.70. The highest BCUT2D eigenvalue weighted by Gasteiger charge is 2.38. The highest BCUT2D eigenvalue weighted by Crippen LogP contribution is 2.36. The third kappa shape index (κ3) is 6.36. The van der Waals surface area contributed by atoms with Crippen LogP contribution in [-0.4, -0.2) is 61.6 Å². The molecule has 174 valence electrons. The predicted molar refractivity (Wildman–Crippen MR) is 124 cm³/mol. The molecule has 2 saturated carbocycles. The Morgan fingerprint density at radius 1 is 1.10 bits per heavy atom. The molecule has 3 aliphatic rings. The van der Waals surface area contributed by atoms with E-state index in [0.29, 0.717) is 24.5 Å². The molecule has 1 saturated heterocycles. The number of nitrogens with zero attached hydrogens (tertiary/aromatic N) is 2. The van der Waals surface area contributed by atoms with Crippen molar-refractivity contribution in [2.45, 2.75) is 76.9 Å². The van der Waals surface area contributed by atoms with Crippen molar-refractivity contribution >= 4 is 5.91 Å². The molecule has 1 aromatic carbocycles. The highest BCUT2D eigenvalue weighted by molar-refractivity contribution is 5.79. The van der Waals surface area contributed by atoms with Gasteiger partial charge >= 0.3 is 0 Å². The first-order valence-electron chi connectivity index (χ1n) is 12.1. The molecule has 2 atom stereocenters. The Kier molecular flexibility index (Phi) is 9.02. The lowest BCUT2D eigenvalue weighted by atomic mass is 9.78. The monoisotopic (exact) mass is 431 g/mol. The first kappa shape index (κ1) is 23.9. The molecule has 0 radical (unpaired) electrons. The fourth-order valence-electron chi connectivity index (χ4n) is 5.15. The van der Waals surface area contributed by atoms with E-state index in [4.69, 9.17) is 15.2 Å². The summed E-state index contributed by atoms with van der Waals surface area (Å²) < 4.78 is 10.9. The molecule has 0 bridgehead atoms. The topological polar surface area (TPSA) is 68.0 Å². The fraction of sp³-hybridized carbons (Fsp3) is 0.720. The second-order valence-corrected chi connectivity index (χ2v) is 9.06. The largest absolute Gasteiger partial charge is 0.497 e. The van der Waals surface area contributed by atoms with E-state index < -0.39 is 0 Å². The van der Waals surface area contributed by atoms with Crippen LogP contribution in [0.4, 0.5) is 0 Å². The van der Waals surface area contributed by atoms with Crippen LogP contribution in [0.3, 0.4) is 0 Å². The van der Waals surface area contributed by atoms with E-state index in [-0.39, 0.29) is 0 Å². The van der Waals surface area contributed by atoms with Crippen LogP contribution >= 0.6 is 0 Å². The van der Waals surface area contributed by atoms with Crippen molar-refractivity contribution in [3.8, 4) is 11.5 Å². The van der Waals surface area contributed by atoms with Gasteiger partial charge in [-0.25, -0.2) is 0 Å². The number of piperidine rings is 1. The number of carbonyl (C=O) groups excluding carboxylic acids is 1. The lowest BCUT2D eigenvalue weighted by Gasteiger charge is -2.44. The lowest BCUT2D eigenvalue weighted by Crippen LogP contribution is -2.52. The second kappa shape index (κ2) is 11.7. The molecule has 3 fully saturated rings. The third-order valence-corrected chi connectivity index (χ3v) is 6.83. The van der Waals surface area contributed by atoms with Crippen molar-refractivity contribution in [3.05, 3.63) is 23.8 Å². The van der Waals surface area contributed by atoms with Crippen LogP contribution in [0.5, 0.6) is 11.5 Å². The molecule has 1 aromatic rings. The summed E-state index contributed by atoms with van der Waals surface area (Å²) in [7, 11) is 3.36. The predicted octanol–water partition coefficient (Wildman–Crippen LogP) is 3.81. The molecule has 4 rings (SSSR count). The molecule has 1 heterocycles. The van der Waals surface area contributed by atoms with Crippen LogP contribution in [0.1, 0.15) is 63.9 Å². The Hall–Kier alpha value is -1.79. The Morgan fingerprint density at radius 3 is 2.48 bits per heavy atom. The smallest absolute Gasteiger partial charge is 0.237 e. The Morgan fingerprint density at radius 2 is 1.81 bits per heavy atom. The fourth-order valence-corrected chi connectivity index (χ4v) is 5.15. The Labute approximate surface area is 188 Å². The molecule has 2 N–H and O–H groups in total. The van der Waals surface area contributed by atoms with Gasteiger partial charge in [-0.1, -0.05) is 25.8 Å². The number of hydrogen-bond donors (Lipinski definition) is 1. The quantitative estimate of drug-likeness (QED) is 0.711. The average Bonchev–Trinajstić information content (AvgIpc) is 3.64. The van der Waals surface area contributed by atoms with Gasteiger partial charge < -0.3 is 20.1 Å². The summed E-state index contributed by atoms with van der Waals surface area (Å²) in [6.45, 7) is 4.89. The van der Waals surface area contributed by atoms with Gasteiger partial charge in [0.25, 0.3) is 0 Å². The molecule has 0 aromatic heterocycles. The first-order chi connectivity index (χ1) is 15.1. The van der Waals surface area contributed by atoms with Gasteiger partial charge in [-0.3, -0.25) is 9.69 Å². The first-order valence-corrected chi connectivity index (χ1v) is 12.1. The second-order valence-electron chi connectivity index (χ2n) is 9.06. The summed E-state index contributed by atoms with van der Waals surface area (Å²) in [6.07, 6.45) is 9.99. The van der Waals surface area contributed by atoms with Crippen LogP contribution in [0, 0.1) is 5.92 Å². The summed E-state index contributed by atoms with van der Waals surface area (Å²) in [5, 5.41) is 0. The van der Waals surface area contributed by atoms with Crippen molar-refractivity contribution in [2.75, 3.05) is 33.9 Å². The van der Waals surface area contributed by atoms with E-state index in [9.17, 15) is 4.79 Å². The molecule has 1 amide bonds. The zero-order valence-electron chi connectivity index (χ0n) is 19.6. The van der Waals surface area contributed by atoms with E-state index in [2.05, 4.69) is 15.9 Å². The van der Waals surface area contributed by atoms with E-state index in [0.717, 1.165) is 42.6 Å². The molecule has 6 nitrogen and oxygen atoms in total. The molecule has 0 spiro atoms. The molecular weight excluding hydrogens is 390 g/mol. The number of hydrogen-bond acceptors (Lipinski definition) is 5. The molecular formula is C25H41N3O3. The van der Waals surface area contributed by atoms with Crippen LogP contribution < -0.4 is 15.2 Å². The average molecular weight is 432 g/mol. The van der Waals surface area contributed by atoms with E-state index >= 15 is 0 Å². The minimum atomic E-state index is 0.330. The number of ether oxygens (including phenoxy) is 2. The number of fused-ring (bicyclic) bond motifs is 1. The number of carbonyl (C=O) groups is 1. The van der Waals surface area contributed by atoms with Gasteiger partial charge in [0, 0.05) is 36.8 Å². The standard InChI is InChI=1S/C23H34N2O3.C2H7N/c1-27-20-12-9-18(22(14-20)28-2)15-24(19-10-11-19)16-23(26)25-13-5-7-17-6-3-4-8-21(17)25;1-2-3/h9,12,14,17,19,21H,3-8,10-11,13,15-16H2,1-2H3;2-3H2,1H3/t17?,21-;/m0./s1. The molecule has 1 unspecified atom stereocenters. The number of benzene rings is 1. The van der Waals surface area contributed by atoms with Crippen molar-refractivity contribution in [3.63, 3.8) is 0 Å². The van der Waals surface area contributed by atoms with Gasteiger partial charge in [-0.15, -0.1) is 0 Å². The van der Waals surface area contributed by atoms with Crippen LogP contribution in [-0.2, 0) is 11.3 Å². The SMILES string of the molecule is CCN.COc1ccc(CN(CC(=O)N2CCCC3CCCC[C@@H]32)C2CC2)c(OC)c1. The molecule has 2 aliphatic carbocycles. The Balaban J connectivity index is 0.000000858. The molecule has 6 heteroatoms. The maximum Gasteiger partial charge on any atom is 0.237 e. The van der Waals surface area contributed by atoms with Gasteiger partial charge in [0.05, 0.1) is 20.8 Å². The van der Waals surface area contributed by atoms with Gasteiger partial charge in [0.2, 0.25) is 5.91 Å². The van der Waals surface area contributed by atoms with Crippen LogP contribution in [0.25, 0.3) is 0 Å². The number of rotatable bonds is 7. The van der Waals surface area contributed by atoms with E-state index in [1.807, 2.05) is 19.1 Å². The lowest BCUT2D eigenvalue weighted by molar-refractivity contribution is -0.139. The third-order valence-electron chi connectivity index (χ3n) is 6.83. The number of nitrogens with two attached hydrogens (primary N) is 1. The minimum Gasteiger partial charge on any atom is -0.497 e. The van der Waals surface area contributed by atoms with Gasteiger partial charge in [0.15, 0.2) is 0 Å². The van der Waals surface area contributed by atoms with Crippen molar-refractivity contribution in [1.82, 2.24) is 9.80 Å². The maximum atomic E-state index is 13.3. The summed E-state index contributed by atoms with van der Waals surface area (Å²) in [5.41, 5.74) is 5.97. The minimum absolute atomic E-state index is 0.330. The number of methoxy groups -OCH3 is 2. The summed E-state index contributed by atoms with van der Waals surface area (Å²) >= 11 is 0. The molecule has 31 heavy (non-hydrogen) atoms. The Bertz CT molecular complexity index is 705. The van der Waals surface area contributed by atoms with E-state index in [1.54, 1.807) is 14.2 Å². The van der Waals surface area contributed by atoms with Crippen molar-refractivity contribution < 1.29 is 14.3 Å². The summed E-state index contributed by atoms with van der Waals surface area (Å²) in [6, 6.07) is 6.99. The van der Waals surface area contributed by atoms with Gasteiger partial charge in [-0.2, -0.15) is 0 Å². The number of amides is 1. The molecule has 1 aliphatic heterocycles. The highest BCUT2D eigenvalue weighted by atomic mass is 16.5. The van der Waals surface area contributed by atoms with Crippen molar-refractivity contribution in [2.24, 2.45) is 11.7 Å². The van der Waals surface area contributed by atoms with Gasteiger partial charge in [0.1, 0.15) is 11.5 Å². The number of likely N-dealkylation sites (tertiary alicyclic amines) is 1. The van der Waals surface area contributed by atoms with Gasteiger partial charge in [-0.05, 0) is 57.1 Å². The maximum absolute atomic E-state index is 13.3.